The molecular formula is C28H39N5O7. The average Bonchev–Trinajstić information content (AvgIpc) is 3.51. The minimum absolute atomic E-state index is 0.0325. The molecule has 3 unspecified atom stereocenters. The number of nitrogens with zero attached hydrogens (tertiary/aromatic N) is 2. The highest BCUT2D eigenvalue weighted by molar-refractivity contribution is 5.96. The molecule has 0 radical (unpaired) electrons. The summed E-state index contributed by atoms with van der Waals surface area (Å²) in [5, 5.41) is 11.7. The molecule has 4 amide bonds. The van der Waals surface area contributed by atoms with Gasteiger partial charge in [0.1, 0.15) is 23.3 Å². The molecule has 3 rings (SSSR count). The molecule has 1 aliphatic heterocycles. The van der Waals surface area contributed by atoms with E-state index in [9.17, 15) is 19.2 Å². The first kappa shape index (κ1) is 30.5. The van der Waals surface area contributed by atoms with Crippen LogP contribution >= 0.6 is 0 Å². The standard InChI is InChI=1S/C28H39N5O7/c1-16(2)25(31-26(35)22-12-18(4)40-32-22)27(36)29-14-24(34)30-17(3)11-19-9-10-33(28(19)37)15-20-7-8-21(38-5)13-23(20)39-6/h7-8,12-13,16-17,19,25H,9-11,14-15H2,1-6H3,(H,29,36)(H,30,34)(H,31,35). The summed E-state index contributed by atoms with van der Waals surface area (Å²) in [6.45, 7) is 7.85. The van der Waals surface area contributed by atoms with Crippen LogP contribution in [0.5, 0.6) is 11.5 Å². The highest BCUT2D eigenvalue weighted by Crippen LogP contribution is 2.29. The molecule has 2 aromatic rings. The number of aryl methyl sites for hydroxylation is 1. The van der Waals surface area contributed by atoms with Crippen LogP contribution in [0, 0.1) is 18.8 Å². The molecule has 12 heteroatoms. The van der Waals surface area contributed by atoms with Crippen molar-refractivity contribution in [2.24, 2.45) is 11.8 Å². The lowest BCUT2D eigenvalue weighted by molar-refractivity contribution is -0.132. The molecule has 1 saturated heterocycles. The fourth-order valence-corrected chi connectivity index (χ4v) is 4.68. The molecule has 0 aliphatic carbocycles. The number of hydrogen-bond donors (Lipinski definition) is 3. The molecule has 1 aromatic carbocycles. The number of carbonyl (C=O) groups is 4. The number of methoxy groups -OCH3 is 2. The molecule has 1 aliphatic rings. The van der Waals surface area contributed by atoms with E-state index in [1.807, 2.05) is 19.1 Å². The second-order valence-corrected chi connectivity index (χ2v) is 10.4. The molecule has 0 bridgehead atoms. The first-order valence-electron chi connectivity index (χ1n) is 13.3. The largest absolute Gasteiger partial charge is 0.497 e. The Morgan fingerprint density at radius 2 is 1.88 bits per heavy atom. The van der Waals surface area contributed by atoms with Gasteiger partial charge < -0.3 is 34.8 Å². The molecule has 0 spiro atoms. The Kier molecular flexibility index (Phi) is 10.5. The summed E-state index contributed by atoms with van der Waals surface area (Å²) in [6.07, 6.45) is 1.17. The predicted molar refractivity (Wildman–Crippen MR) is 146 cm³/mol. The summed E-state index contributed by atoms with van der Waals surface area (Å²) in [5.41, 5.74) is 0.965. The number of nitrogens with one attached hydrogen (secondary N) is 3. The van der Waals surface area contributed by atoms with E-state index in [4.69, 9.17) is 14.0 Å². The lowest BCUT2D eigenvalue weighted by Crippen LogP contribution is -2.52. The van der Waals surface area contributed by atoms with Crippen molar-refractivity contribution >= 4 is 23.6 Å². The maximum absolute atomic E-state index is 13.0. The third-order valence-corrected chi connectivity index (χ3v) is 6.83. The van der Waals surface area contributed by atoms with Crippen molar-refractivity contribution in [3.63, 3.8) is 0 Å². The van der Waals surface area contributed by atoms with Crippen LogP contribution in [0.1, 0.15) is 55.4 Å². The maximum Gasteiger partial charge on any atom is 0.274 e. The van der Waals surface area contributed by atoms with Crippen molar-refractivity contribution in [1.82, 2.24) is 26.0 Å². The summed E-state index contributed by atoms with van der Waals surface area (Å²) >= 11 is 0. The zero-order chi connectivity index (χ0) is 29.4. The Morgan fingerprint density at radius 3 is 2.50 bits per heavy atom. The zero-order valence-corrected chi connectivity index (χ0v) is 23.9. The number of carbonyl (C=O) groups excluding carboxylic acids is 4. The Labute approximate surface area is 234 Å². The first-order chi connectivity index (χ1) is 19.0. The van der Waals surface area contributed by atoms with Crippen LogP contribution in [-0.4, -0.2) is 73.1 Å². The van der Waals surface area contributed by atoms with Gasteiger partial charge in [-0.3, -0.25) is 19.2 Å². The van der Waals surface area contributed by atoms with E-state index >= 15 is 0 Å². The summed E-state index contributed by atoms with van der Waals surface area (Å²) < 4.78 is 15.6. The third-order valence-electron chi connectivity index (χ3n) is 6.83. The molecule has 1 aromatic heterocycles. The normalized spacial score (nSPS) is 16.4. The van der Waals surface area contributed by atoms with Gasteiger partial charge in [0, 0.05) is 42.7 Å². The lowest BCUT2D eigenvalue weighted by atomic mass is 9.99. The third kappa shape index (κ3) is 7.96. The van der Waals surface area contributed by atoms with Gasteiger partial charge in [-0.1, -0.05) is 19.0 Å². The second-order valence-electron chi connectivity index (χ2n) is 10.4. The smallest absolute Gasteiger partial charge is 0.274 e. The number of likely N-dealkylation sites (tertiary alicyclic amines) is 1. The van der Waals surface area contributed by atoms with Crippen LogP contribution in [0.3, 0.4) is 0 Å². The topological polar surface area (TPSA) is 152 Å². The fourth-order valence-electron chi connectivity index (χ4n) is 4.68. The summed E-state index contributed by atoms with van der Waals surface area (Å²) in [6, 6.07) is 5.86. The quantitative estimate of drug-likeness (QED) is 0.337. The van der Waals surface area contributed by atoms with E-state index in [0.717, 1.165) is 5.56 Å². The lowest BCUT2D eigenvalue weighted by Gasteiger charge is -2.22. The van der Waals surface area contributed by atoms with E-state index < -0.39 is 17.9 Å². The van der Waals surface area contributed by atoms with Gasteiger partial charge in [0.2, 0.25) is 17.7 Å². The van der Waals surface area contributed by atoms with Crippen LogP contribution < -0.4 is 25.4 Å². The van der Waals surface area contributed by atoms with Gasteiger partial charge in [-0.05, 0) is 44.7 Å². The second kappa shape index (κ2) is 13.8. The molecule has 3 atom stereocenters. The van der Waals surface area contributed by atoms with Crippen LogP contribution in [0.25, 0.3) is 0 Å². The van der Waals surface area contributed by atoms with E-state index in [1.165, 1.54) is 6.07 Å². The SMILES string of the molecule is COc1ccc(CN2CCC(CC(C)NC(=O)CNC(=O)C(NC(=O)c3cc(C)on3)C(C)C)C2=O)c(OC)c1. The average molecular weight is 558 g/mol. The first-order valence-corrected chi connectivity index (χ1v) is 13.3. The molecule has 218 valence electrons. The van der Waals surface area contributed by atoms with E-state index in [0.29, 0.717) is 43.2 Å². The maximum atomic E-state index is 13.0. The number of hydrogen-bond acceptors (Lipinski definition) is 8. The van der Waals surface area contributed by atoms with E-state index in [2.05, 4.69) is 21.1 Å². The molecule has 40 heavy (non-hydrogen) atoms. The van der Waals surface area contributed by atoms with Gasteiger partial charge in [0.05, 0.1) is 20.8 Å². The number of amides is 4. The van der Waals surface area contributed by atoms with Crippen molar-refractivity contribution in [3.8, 4) is 11.5 Å². The molecule has 2 heterocycles. The highest BCUT2D eigenvalue weighted by atomic mass is 16.5. The van der Waals surface area contributed by atoms with Crippen molar-refractivity contribution in [3.05, 3.63) is 41.3 Å². The van der Waals surface area contributed by atoms with E-state index in [-0.39, 0.29) is 41.9 Å². The Hall–Kier alpha value is -4.09. The highest BCUT2D eigenvalue weighted by Gasteiger charge is 2.33. The molecule has 1 fully saturated rings. The minimum Gasteiger partial charge on any atom is -0.497 e. The molecule has 3 N–H and O–H groups in total. The number of benzene rings is 1. The van der Waals surface area contributed by atoms with Crippen LogP contribution in [-0.2, 0) is 20.9 Å². The van der Waals surface area contributed by atoms with Gasteiger partial charge in [-0.25, -0.2) is 0 Å². The van der Waals surface area contributed by atoms with Crippen LogP contribution in [0.15, 0.2) is 28.8 Å². The Balaban J connectivity index is 1.45. The number of rotatable bonds is 13. The van der Waals surface area contributed by atoms with Crippen molar-refractivity contribution in [2.45, 2.75) is 59.2 Å². The van der Waals surface area contributed by atoms with Gasteiger partial charge in [-0.15, -0.1) is 0 Å². The van der Waals surface area contributed by atoms with E-state index in [1.54, 1.807) is 46.0 Å². The van der Waals surface area contributed by atoms with Gasteiger partial charge in [0.25, 0.3) is 5.91 Å². The van der Waals surface area contributed by atoms with Crippen molar-refractivity contribution in [1.29, 1.82) is 0 Å². The number of aromatic nitrogens is 1. The predicted octanol–water partition coefficient (Wildman–Crippen LogP) is 1.81. The molecular weight excluding hydrogens is 518 g/mol. The summed E-state index contributed by atoms with van der Waals surface area (Å²) in [4.78, 5) is 52.5. The monoisotopic (exact) mass is 557 g/mol. The Bertz CT molecular complexity index is 1210. The van der Waals surface area contributed by atoms with Crippen molar-refractivity contribution in [2.75, 3.05) is 27.3 Å². The summed E-state index contributed by atoms with van der Waals surface area (Å²) in [5.74, 6) is 0.00132. The molecule has 0 saturated carbocycles. The number of ether oxygens (including phenoxy) is 2. The van der Waals surface area contributed by atoms with Gasteiger partial charge in [0.15, 0.2) is 5.69 Å². The zero-order valence-electron chi connectivity index (χ0n) is 23.9. The molecule has 12 nitrogen and oxygen atoms in total. The van der Waals surface area contributed by atoms with Crippen LogP contribution in [0.4, 0.5) is 0 Å². The van der Waals surface area contributed by atoms with Crippen molar-refractivity contribution < 1.29 is 33.2 Å². The van der Waals surface area contributed by atoms with Gasteiger partial charge >= 0.3 is 0 Å². The Morgan fingerprint density at radius 1 is 1.12 bits per heavy atom. The van der Waals surface area contributed by atoms with Gasteiger partial charge in [-0.2, -0.15) is 0 Å². The summed E-state index contributed by atoms with van der Waals surface area (Å²) in [7, 11) is 3.17. The van der Waals surface area contributed by atoms with Crippen LogP contribution in [0.2, 0.25) is 0 Å². The fraction of sp³-hybridized carbons (Fsp3) is 0.536. The minimum atomic E-state index is -0.860.